The zero-order chi connectivity index (χ0) is 49.4. The van der Waals surface area contributed by atoms with E-state index >= 15 is 0 Å². The summed E-state index contributed by atoms with van der Waals surface area (Å²) in [4.78, 5) is 5.64. The average Bonchev–Trinajstić information content (AvgIpc) is 3.77. The first-order valence-electron chi connectivity index (χ1n) is 25.6. The summed E-state index contributed by atoms with van der Waals surface area (Å²) in [6, 6.07) is 43.6. The van der Waals surface area contributed by atoms with Crippen molar-refractivity contribution in [1.29, 1.82) is 0 Å². The third kappa shape index (κ3) is 7.08. The van der Waals surface area contributed by atoms with Crippen LogP contribution in [-0.4, -0.2) is 20.8 Å². The first kappa shape index (κ1) is 45.6. The van der Waals surface area contributed by atoms with Crippen molar-refractivity contribution in [3.63, 3.8) is 0 Å². The van der Waals surface area contributed by atoms with E-state index in [1.807, 2.05) is 0 Å². The summed E-state index contributed by atoms with van der Waals surface area (Å²) >= 11 is 0. The Labute approximate surface area is 412 Å². The molecular weight excluding hydrogens is 834 g/mol. The van der Waals surface area contributed by atoms with E-state index in [0.29, 0.717) is 0 Å². The second-order valence-electron chi connectivity index (χ2n) is 27.1. The van der Waals surface area contributed by atoms with Gasteiger partial charge in [-0.3, -0.25) is 0 Å². The SMILES string of the molecule is CC(C)(C)c1cc(-c2cccc(-c3cc4c5c(c3)-n3c6ccc(C(C)(C)C)cc6c6cc(C(C)(C)C)cc(c63)B5c3cc(C(C)(C)C)cc5c6cc(C(C)(C)C)ccc6n-4c35)n2)cc(C(C)(C)C)c1. The van der Waals surface area contributed by atoms with Crippen LogP contribution in [0, 0.1) is 0 Å². The molecule has 4 heteroatoms. The summed E-state index contributed by atoms with van der Waals surface area (Å²) in [5.74, 6) is 0. The van der Waals surface area contributed by atoms with E-state index in [-0.39, 0.29) is 39.2 Å². The van der Waals surface area contributed by atoms with Crippen molar-refractivity contribution in [1.82, 2.24) is 14.1 Å². The first-order chi connectivity index (χ1) is 32.0. The molecular formula is C65H72BN3. The number of fused-ring (bicyclic) bond motifs is 10. The van der Waals surface area contributed by atoms with Crippen molar-refractivity contribution in [3.05, 3.63) is 143 Å². The summed E-state index contributed by atoms with van der Waals surface area (Å²) in [5.41, 5.74) is 24.1. The van der Waals surface area contributed by atoms with Crippen LogP contribution in [0.3, 0.4) is 0 Å². The van der Waals surface area contributed by atoms with Gasteiger partial charge in [0.2, 0.25) is 0 Å². The Morgan fingerprint density at radius 2 is 0.696 bits per heavy atom. The zero-order valence-corrected chi connectivity index (χ0v) is 44.8. The van der Waals surface area contributed by atoms with E-state index in [0.717, 1.165) is 17.0 Å². The highest BCUT2D eigenvalue weighted by Crippen LogP contribution is 2.45. The lowest BCUT2D eigenvalue weighted by atomic mass is 9.34. The molecule has 0 unspecified atom stereocenters. The van der Waals surface area contributed by atoms with Gasteiger partial charge >= 0.3 is 0 Å². The smallest absolute Gasteiger partial charge is 0.252 e. The van der Waals surface area contributed by atoms with Crippen LogP contribution >= 0.6 is 0 Å². The summed E-state index contributed by atoms with van der Waals surface area (Å²) in [5, 5.41) is 5.33. The largest absolute Gasteiger partial charge is 0.310 e. The van der Waals surface area contributed by atoms with E-state index in [1.54, 1.807) is 0 Å². The van der Waals surface area contributed by atoms with Crippen LogP contribution in [0.15, 0.2) is 109 Å². The van der Waals surface area contributed by atoms with Gasteiger partial charge in [-0.2, -0.15) is 0 Å². The molecule has 5 heterocycles. The Bertz CT molecular complexity index is 3450. The Kier molecular flexibility index (Phi) is 9.49. The maximum Gasteiger partial charge on any atom is 0.252 e. The van der Waals surface area contributed by atoms with Crippen LogP contribution in [-0.2, 0) is 32.5 Å². The molecule has 2 aliphatic rings. The molecule has 0 spiro atoms. The fraction of sp³-hybridized carbons (Fsp3) is 0.369. The predicted octanol–water partition coefficient (Wildman–Crippen LogP) is 15.5. The van der Waals surface area contributed by atoms with Crippen LogP contribution in [0.1, 0.15) is 158 Å². The van der Waals surface area contributed by atoms with E-state index in [1.165, 1.54) is 110 Å². The van der Waals surface area contributed by atoms with Crippen molar-refractivity contribution in [3.8, 4) is 33.9 Å². The minimum Gasteiger partial charge on any atom is -0.310 e. The Balaban J connectivity index is 1.30. The van der Waals surface area contributed by atoms with Gasteiger partial charge in [-0.1, -0.05) is 161 Å². The maximum atomic E-state index is 5.64. The van der Waals surface area contributed by atoms with Gasteiger partial charge in [-0.05, 0) is 155 Å². The van der Waals surface area contributed by atoms with Crippen molar-refractivity contribution in [2.75, 3.05) is 0 Å². The molecule has 3 nitrogen and oxygen atoms in total. The lowest BCUT2D eigenvalue weighted by molar-refractivity contribution is 0.569. The van der Waals surface area contributed by atoms with Gasteiger partial charge in [-0.15, -0.1) is 0 Å². The van der Waals surface area contributed by atoms with Gasteiger partial charge in [-0.25, -0.2) is 4.98 Å². The highest BCUT2D eigenvalue weighted by atomic mass is 15.0. The summed E-state index contributed by atoms with van der Waals surface area (Å²) in [7, 11) is 0. The second kappa shape index (κ2) is 14.4. The third-order valence-corrected chi connectivity index (χ3v) is 15.8. The molecule has 350 valence electrons. The normalized spacial score (nSPS) is 14.2. The highest BCUT2D eigenvalue weighted by molar-refractivity contribution is 7.00. The fourth-order valence-corrected chi connectivity index (χ4v) is 11.4. The van der Waals surface area contributed by atoms with Crippen molar-refractivity contribution >= 4 is 66.7 Å². The molecule has 0 fully saturated rings. The molecule has 0 aliphatic carbocycles. The standard InChI is InChI=1S/C65H72BN3/c1-60(2,3)39-22-24-53-45(31-39)47-33-43(64(13,14)15)35-49-58(47)68(53)55-28-38(52-21-19-20-51(67-52)37-26-41(62(7,8)9)30-42(27-37)63(10,11)12)29-56-57(55)66(49)50-36-44(65(16,17)18)34-48-46-32-40(61(4,5)6)23-25-54(46)69(56)59(48)50/h19-36H,1-18H3. The number of hydrogen-bond donors (Lipinski definition) is 0. The van der Waals surface area contributed by atoms with Gasteiger partial charge in [0, 0.05) is 55.1 Å². The number of pyridine rings is 1. The maximum absolute atomic E-state index is 5.64. The lowest BCUT2D eigenvalue weighted by Gasteiger charge is -2.36. The molecule has 0 saturated carbocycles. The molecule has 2 aliphatic heterocycles. The van der Waals surface area contributed by atoms with Crippen molar-refractivity contribution in [2.24, 2.45) is 0 Å². The van der Waals surface area contributed by atoms with E-state index in [2.05, 4.69) is 243 Å². The quantitative estimate of drug-likeness (QED) is 0.159. The monoisotopic (exact) mass is 906 g/mol. The molecule has 0 N–H and O–H groups in total. The van der Waals surface area contributed by atoms with Crippen LogP contribution in [0.2, 0.25) is 0 Å². The number of benzene rings is 6. The minimum absolute atomic E-state index is 0.00374. The third-order valence-electron chi connectivity index (χ3n) is 15.8. The molecule has 6 aromatic carbocycles. The lowest BCUT2D eigenvalue weighted by Crippen LogP contribution is -2.59. The average molecular weight is 906 g/mol. The molecule has 0 bridgehead atoms. The molecule has 0 saturated heterocycles. The van der Waals surface area contributed by atoms with Crippen molar-refractivity contribution < 1.29 is 0 Å². The van der Waals surface area contributed by atoms with Gasteiger partial charge in [0.25, 0.3) is 6.71 Å². The highest BCUT2D eigenvalue weighted by Gasteiger charge is 2.43. The Morgan fingerprint density at radius 3 is 1.07 bits per heavy atom. The van der Waals surface area contributed by atoms with E-state index in [9.17, 15) is 0 Å². The Morgan fingerprint density at radius 1 is 0.348 bits per heavy atom. The molecule has 0 radical (unpaired) electrons. The van der Waals surface area contributed by atoms with Crippen LogP contribution in [0.5, 0.6) is 0 Å². The Hall–Kier alpha value is -5.87. The number of aromatic nitrogens is 3. The summed E-state index contributed by atoms with van der Waals surface area (Å²) in [6.07, 6.45) is 0. The van der Waals surface area contributed by atoms with Crippen molar-refractivity contribution in [2.45, 2.75) is 157 Å². The summed E-state index contributed by atoms with van der Waals surface area (Å²) < 4.78 is 5.28. The van der Waals surface area contributed by atoms with Crippen LogP contribution < -0.4 is 16.4 Å². The van der Waals surface area contributed by atoms with Gasteiger partial charge in [0.1, 0.15) is 0 Å². The van der Waals surface area contributed by atoms with Gasteiger partial charge < -0.3 is 9.13 Å². The number of hydrogen-bond acceptors (Lipinski definition) is 1. The van der Waals surface area contributed by atoms with Crippen LogP contribution in [0.25, 0.3) is 77.5 Å². The molecule has 0 atom stereocenters. The molecule has 69 heavy (non-hydrogen) atoms. The fourth-order valence-electron chi connectivity index (χ4n) is 11.4. The topological polar surface area (TPSA) is 22.8 Å². The predicted molar refractivity (Wildman–Crippen MR) is 301 cm³/mol. The summed E-state index contributed by atoms with van der Waals surface area (Å²) in [6.45, 7) is 42.2. The van der Waals surface area contributed by atoms with Crippen LogP contribution in [0.4, 0.5) is 0 Å². The molecule has 9 aromatic rings. The van der Waals surface area contributed by atoms with E-state index < -0.39 is 0 Å². The first-order valence-corrected chi connectivity index (χ1v) is 25.6. The van der Waals surface area contributed by atoms with E-state index in [4.69, 9.17) is 4.98 Å². The number of rotatable bonds is 2. The second-order valence-corrected chi connectivity index (χ2v) is 27.1. The minimum atomic E-state index is -0.0556. The van der Waals surface area contributed by atoms with Gasteiger partial charge in [0.05, 0.1) is 22.4 Å². The zero-order valence-electron chi connectivity index (χ0n) is 44.8. The van der Waals surface area contributed by atoms with Gasteiger partial charge in [0.15, 0.2) is 0 Å². The molecule has 3 aromatic heterocycles. The molecule has 0 amide bonds. The molecule has 11 rings (SSSR count). The number of nitrogens with zero attached hydrogens (tertiary/aromatic N) is 3.